The van der Waals surface area contributed by atoms with E-state index in [2.05, 4.69) is 48.4 Å². The van der Waals surface area contributed by atoms with Crippen LogP contribution in [0.25, 0.3) is 10.9 Å². The summed E-state index contributed by atoms with van der Waals surface area (Å²) in [5.74, 6) is 0.975. The predicted octanol–water partition coefficient (Wildman–Crippen LogP) is 2.58. The number of piperidine rings is 1. The van der Waals surface area contributed by atoms with Crippen LogP contribution in [0.2, 0.25) is 0 Å². The monoisotopic (exact) mass is 426 g/mol. The molecule has 0 aliphatic carbocycles. The van der Waals surface area contributed by atoms with Crippen LogP contribution < -0.4 is 9.80 Å². The van der Waals surface area contributed by atoms with Gasteiger partial charge in [-0.3, -0.25) is 0 Å². The first-order valence-corrected chi connectivity index (χ1v) is 11.4. The first-order valence-electron chi connectivity index (χ1n) is 10.5. The van der Waals surface area contributed by atoms with Crippen molar-refractivity contribution in [2.75, 3.05) is 49.2 Å². The molecule has 2 aliphatic rings. The number of hydrogen-bond acceptors (Lipinski definition) is 9. The second-order valence-electron chi connectivity index (χ2n) is 8.03. The smallest absolute Gasteiger partial charge is 0.162 e. The first-order chi connectivity index (χ1) is 14.7. The Morgan fingerprint density at radius 1 is 1.17 bits per heavy atom. The molecule has 0 spiro atoms. The molecule has 0 amide bonds. The summed E-state index contributed by atoms with van der Waals surface area (Å²) in [6.07, 6.45) is 1.44. The second kappa shape index (κ2) is 8.41. The van der Waals surface area contributed by atoms with Crippen molar-refractivity contribution in [2.45, 2.75) is 25.9 Å². The number of hydrogen-bond donors (Lipinski definition) is 1. The van der Waals surface area contributed by atoms with Crippen LogP contribution in [0.3, 0.4) is 0 Å². The maximum absolute atomic E-state index is 10.9. The van der Waals surface area contributed by atoms with Crippen molar-refractivity contribution in [3.63, 3.8) is 0 Å². The zero-order valence-corrected chi connectivity index (χ0v) is 17.9. The van der Waals surface area contributed by atoms with Gasteiger partial charge in [-0.15, -0.1) is 21.5 Å². The highest BCUT2D eigenvalue weighted by molar-refractivity contribution is 7.09. The van der Waals surface area contributed by atoms with E-state index in [0.717, 1.165) is 85.3 Å². The van der Waals surface area contributed by atoms with Gasteiger partial charge in [0, 0.05) is 54.2 Å². The number of aliphatic hydroxyl groups is 1. The van der Waals surface area contributed by atoms with Gasteiger partial charge in [0.1, 0.15) is 16.6 Å². The first kappa shape index (κ1) is 19.6. The second-order valence-corrected chi connectivity index (χ2v) is 8.92. The number of benzene rings is 1. The van der Waals surface area contributed by atoms with Gasteiger partial charge >= 0.3 is 0 Å². The maximum Gasteiger partial charge on any atom is 0.162 e. The molecule has 5 rings (SSSR count). The minimum atomic E-state index is -0.541. The van der Waals surface area contributed by atoms with Crippen molar-refractivity contribution in [1.82, 2.24) is 20.4 Å². The van der Waals surface area contributed by atoms with Crippen molar-refractivity contribution in [2.24, 2.45) is 5.92 Å². The lowest BCUT2D eigenvalue weighted by atomic mass is 9.92. The minimum Gasteiger partial charge on any atom is -0.386 e. The average Bonchev–Trinajstić information content (AvgIpc) is 3.24. The van der Waals surface area contributed by atoms with E-state index in [-0.39, 0.29) is 5.92 Å². The van der Waals surface area contributed by atoms with Crippen LogP contribution in [-0.2, 0) is 4.74 Å². The Kier molecular flexibility index (Phi) is 5.49. The minimum absolute atomic E-state index is 0.127. The molecule has 1 N–H and O–H groups in total. The number of nitrogens with zero attached hydrogens (tertiary/aromatic N) is 6. The Bertz CT molecular complexity index is 1020. The lowest BCUT2D eigenvalue weighted by molar-refractivity contribution is 0.0976. The number of morpholine rings is 1. The molecule has 30 heavy (non-hydrogen) atoms. The summed E-state index contributed by atoms with van der Waals surface area (Å²) in [6, 6.07) is 6.32. The third kappa shape index (κ3) is 3.84. The Labute approximate surface area is 179 Å². The van der Waals surface area contributed by atoms with Gasteiger partial charge in [-0.2, -0.15) is 0 Å². The van der Waals surface area contributed by atoms with Crippen molar-refractivity contribution in [1.29, 1.82) is 0 Å². The van der Waals surface area contributed by atoms with E-state index in [1.54, 1.807) is 0 Å². The average molecular weight is 427 g/mol. The molecule has 2 saturated heterocycles. The molecule has 2 aliphatic heterocycles. The molecule has 0 unspecified atom stereocenters. The van der Waals surface area contributed by atoms with E-state index < -0.39 is 6.10 Å². The highest BCUT2D eigenvalue weighted by Gasteiger charge is 2.30. The molecular formula is C21H26N6O2S. The van der Waals surface area contributed by atoms with E-state index in [1.165, 1.54) is 11.3 Å². The zero-order valence-electron chi connectivity index (χ0n) is 17.1. The number of aryl methyl sites for hydroxylation is 1. The molecule has 4 heterocycles. The van der Waals surface area contributed by atoms with Gasteiger partial charge in [0.15, 0.2) is 5.82 Å². The standard InChI is InChI=1S/C21H26N6O2S/c1-14-13-30-21(22-14)19(28)15-3-2-6-27(12-15)20-17-5-4-16(11-18(17)23-25-24-20)26-7-9-29-10-8-26/h4-5,11,13,15,19,28H,2-3,6-10,12H2,1H3/t15-,19+/m0/s1. The predicted molar refractivity (Wildman–Crippen MR) is 117 cm³/mol. The van der Waals surface area contributed by atoms with Crippen molar-refractivity contribution in [3.05, 3.63) is 34.3 Å². The Morgan fingerprint density at radius 3 is 2.83 bits per heavy atom. The molecule has 8 nitrogen and oxygen atoms in total. The number of aromatic nitrogens is 4. The largest absolute Gasteiger partial charge is 0.386 e. The normalized spacial score (nSPS) is 21.2. The van der Waals surface area contributed by atoms with E-state index >= 15 is 0 Å². The zero-order chi connectivity index (χ0) is 20.5. The highest BCUT2D eigenvalue weighted by atomic mass is 32.1. The van der Waals surface area contributed by atoms with Gasteiger partial charge in [0.05, 0.1) is 13.2 Å². The van der Waals surface area contributed by atoms with Gasteiger partial charge in [-0.1, -0.05) is 0 Å². The highest BCUT2D eigenvalue weighted by Crippen LogP contribution is 2.35. The summed E-state index contributed by atoms with van der Waals surface area (Å²) in [5, 5.41) is 27.4. The van der Waals surface area contributed by atoms with E-state index in [1.807, 2.05) is 12.3 Å². The van der Waals surface area contributed by atoms with Gasteiger partial charge in [-0.05, 0) is 43.2 Å². The number of anilines is 2. The molecule has 0 saturated carbocycles. The van der Waals surface area contributed by atoms with Gasteiger partial charge < -0.3 is 19.6 Å². The van der Waals surface area contributed by atoms with Gasteiger partial charge in [0.25, 0.3) is 0 Å². The molecule has 0 radical (unpaired) electrons. The summed E-state index contributed by atoms with van der Waals surface area (Å²) in [5.41, 5.74) is 2.95. The van der Waals surface area contributed by atoms with Gasteiger partial charge in [-0.25, -0.2) is 4.98 Å². The van der Waals surface area contributed by atoms with E-state index in [4.69, 9.17) is 4.74 Å². The molecule has 2 atom stereocenters. The fourth-order valence-corrected chi connectivity index (χ4v) is 5.25. The third-order valence-electron chi connectivity index (χ3n) is 5.98. The van der Waals surface area contributed by atoms with Crippen LogP contribution in [0.15, 0.2) is 23.6 Å². The Hall–Kier alpha value is -2.36. The summed E-state index contributed by atoms with van der Waals surface area (Å²) < 4.78 is 5.46. The lowest BCUT2D eigenvalue weighted by Crippen LogP contribution is -2.38. The lowest BCUT2D eigenvalue weighted by Gasteiger charge is -2.35. The summed E-state index contributed by atoms with van der Waals surface area (Å²) in [6.45, 7) is 6.88. The summed E-state index contributed by atoms with van der Waals surface area (Å²) >= 11 is 1.53. The summed E-state index contributed by atoms with van der Waals surface area (Å²) in [4.78, 5) is 9.04. The Morgan fingerprint density at radius 2 is 2.03 bits per heavy atom. The number of fused-ring (bicyclic) bond motifs is 1. The van der Waals surface area contributed by atoms with Crippen molar-refractivity contribution < 1.29 is 9.84 Å². The SMILES string of the molecule is Cc1csc([C@H](O)[C@H]2CCCN(c3nnnc4cc(N5CCOCC5)ccc34)C2)n1. The Balaban J connectivity index is 1.39. The fourth-order valence-electron chi connectivity index (χ4n) is 4.38. The molecule has 0 bridgehead atoms. The van der Waals surface area contributed by atoms with Crippen LogP contribution in [0, 0.1) is 12.8 Å². The molecular weight excluding hydrogens is 400 g/mol. The number of ether oxygens (including phenoxy) is 1. The molecule has 2 aromatic heterocycles. The number of thiazole rings is 1. The topological polar surface area (TPSA) is 87.5 Å². The van der Waals surface area contributed by atoms with Crippen molar-refractivity contribution >= 4 is 33.7 Å². The number of aliphatic hydroxyl groups excluding tert-OH is 1. The molecule has 158 valence electrons. The quantitative estimate of drug-likeness (QED) is 0.681. The van der Waals surface area contributed by atoms with Crippen LogP contribution >= 0.6 is 11.3 Å². The van der Waals surface area contributed by atoms with Crippen LogP contribution in [-0.4, -0.2) is 64.9 Å². The van der Waals surface area contributed by atoms with E-state index in [0.29, 0.717) is 0 Å². The number of rotatable bonds is 4. The molecule has 2 fully saturated rings. The third-order valence-corrected chi connectivity index (χ3v) is 7.02. The van der Waals surface area contributed by atoms with Gasteiger partial charge in [0.2, 0.25) is 0 Å². The van der Waals surface area contributed by atoms with Crippen LogP contribution in [0.4, 0.5) is 11.5 Å². The molecule has 3 aromatic rings. The molecule has 1 aromatic carbocycles. The fraction of sp³-hybridized carbons (Fsp3) is 0.524. The van der Waals surface area contributed by atoms with Crippen LogP contribution in [0.5, 0.6) is 0 Å². The maximum atomic E-state index is 10.9. The molecule has 9 heteroatoms. The van der Waals surface area contributed by atoms with E-state index in [9.17, 15) is 5.11 Å². The summed E-state index contributed by atoms with van der Waals surface area (Å²) in [7, 11) is 0. The van der Waals surface area contributed by atoms with Crippen LogP contribution in [0.1, 0.15) is 29.6 Å². The van der Waals surface area contributed by atoms with Crippen molar-refractivity contribution in [3.8, 4) is 0 Å².